The minimum atomic E-state index is -2.00. The van der Waals surface area contributed by atoms with Crippen LogP contribution in [-0.2, 0) is 28.5 Å². The molecular weight excluding hydrogens is 888 g/mol. The van der Waals surface area contributed by atoms with Crippen molar-refractivity contribution in [2.75, 3.05) is 13.2 Å². The number of fused-ring (bicyclic) bond motifs is 1. The third kappa shape index (κ3) is 9.67. The molecule has 0 radical (unpaired) electrons. The van der Waals surface area contributed by atoms with Crippen LogP contribution in [0.2, 0.25) is 0 Å². The lowest BCUT2D eigenvalue weighted by Crippen LogP contribution is -2.64. The van der Waals surface area contributed by atoms with Crippen LogP contribution in [0.15, 0.2) is 63.8 Å². The van der Waals surface area contributed by atoms with Crippen LogP contribution in [0.3, 0.4) is 0 Å². The molecule has 7 rings (SSSR count). The Morgan fingerprint density at radius 1 is 0.652 bits per heavy atom. The molecule has 3 fully saturated rings. The minimum absolute atomic E-state index is 0.127. The van der Waals surface area contributed by atoms with Crippen LogP contribution in [0, 0.1) is 0 Å². The lowest BCUT2D eigenvalue weighted by molar-refractivity contribution is -0.350. The second-order valence-corrected chi connectivity index (χ2v) is 15.6. The van der Waals surface area contributed by atoms with E-state index in [1.165, 1.54) is 37.3 Å². The van der Waals surface area contributed by atoms with Gasteiger partial charge in [-0.1, -0.05) is 6.07 Å². The molecule has 0 bridgehead atoms. The lowest BCUT2D eigenvalue weighted by atomic mass is 9.97. The zero-order valence-corrected chi connectivity index (χ0v) is 34.2. The molecule has 0 spiro atoms. The van der Waals surface area contributed by atoms with Gasteiger partial charge < -0.3 is 109 Å². The summed E-state index contributed by atoms with van der Waals surface area (Å²) in [4.78, 5) is 26.5. The summed E-state index contributed by atoms with van der Waals surface area (Å²) in [5.41, 5.74) is -1.37. The van der Waals surface area contributed by atoms with E-state index in [0.29, 0.717) is 5.56 Å². The number of hydrogen-bond acceptors (Lipinski definition) is 24. The fourth-order valence-corrected chi connectivity index (χ4v) is 7.30. The standard InChI is InChI=1S/C42H46O24/c1-14-28(50)38(65-41-35(57)33(55)30(52)25(64-41)13-59-26(49)7-3-15-2-5-18(44)20(46)8-15)36(58)42(60-14)61-17-10-22(48)27-23(11-17)62-37(16-4-6-19(45)21(47)9-16)39(31(27)53)66-40-34(56)32(54)29(51)24(12-43)63-40/h2-11,14,24-25,28-30,32-36,38,40-48,50-52,54-58H,12-13H2,1H3/b7-3+/t14-,24+,25+,28-,29+,30+,32+,33-,34+,35+,36+,38+,40-,41-,42+/m0/s1. The van der Waals surface area contributed by atoms with Crippen LogP contribution in [0.1, 0.15) is 12.5 Å². The van der Waals surface area contributed by atoms with Crippen LogP contribution < -0.4 is 14.9 Å². The molecule has 3 saturated heterocycles. The molecule has 0 aliphatic carbocycles. The smallest absolute Gasteiger partial charge is 0.330 e. The molecule has 1 aromatic heterocycles. The molecule has 358 valence electrons. The van der Waals surface area contributed by atoms with Crippen molar-refractivity contribution in [3.05, 3.63) is 70.4 Å². The number of benzene rings is 3. The molecule has 24 nitrogen and oxygen atoms in total. The number of hydrogen-bond donors (Lipinski definition) is 14. The highest BCUT2D eigenvalue weighted by molar-refractivity contribution is 5.89. The number of phenols is 5. The normalized spacial score (nSPS) is 32.6. The summed E-state index contributed by atoms with van der Waals surface area (Å²) in [7, 11) is 0. The van der Waals surface area contributed by atoms with E-state index < -0.39 is 162 Å². The number of rotatable bonds is 12. The molecule has 3 aromatic carbocycles. The van der Waals surface area contributed by atoms with Crippen LogP contribution in [-0.4, -0.2) is 183 Å². The van der Waals surface area contributed by atoms with Crippen molar-refractivity contribution in [1.82, 2.24) is 0 Å². The van der Waals surface area contributed by atoms with Gasteiger partial charge in [0.15, 0.2) is 35.0 Å². The molecule has 4 heterocycles. The van der Waals surface area contributed by atoms with Crippen molar-refractivity contribution >= 4 is 23.0 Å². The van der Waals surface area contributed by atoms with Crippen LogP contribution in [0.5, 0.6) is 40.2 Å². The van der Waals surface area contributed by atoms with E-state index in [-0.39, 0.29) is 17.1 Å². The van der Waals surface area contributed by atoms with Gasteiger partial charge >= 0.3 is 5.97 Å². The van der Waals surface area contributed by atoms with Crippen molar-refractivity contribution in [2.24, 2.45) is 0 Å². The second kappa shape index (κ2) is 19.6. The van der Waals surface area contributed by atoms with E-state index >= 15 is 0 Å². The van der Waals surface area contributed by atoms with Crippen LogP contribution in [0.4, 0.5) is 0 Å². The van der Waals surface area contributed by atoms with Gasteiger partial charge in [-0.2, -0.15) is 0 Å². The summed E-state index contributed by atoms with van der Waals surface area (Å²) in [5, 5.41) is 145. The van der Waals surface area contributed by atoms with Crippen molar-refractivity contribution in [3.8, 4) is 51.6 Å². The number of esters is 1. The molecule has 3 aliphatic heterocycles. The zero-order chi connectivity index (χ0) is 47.9. The molecule has 4 aromatic rings. The first-order valence-corrected chi connectivity index (χ1v) is 20.0. The Bertz CT molecular complexity index is 2470. The van der Waals surface area contributed by atoms with Crippen LogP contribution in [0.25, 0.3) is 28.4 Å². The molecule has 14 N–H and O–H groups in total. The summed E-state index contributed by atoms with van der Waals surface area (Å²) in [5.74, 6) is -5.49. The fourth-order valence-electron chi connectivity index (χ4n) is 7.30. The largest absolute Gasteiger partial charge is 0.507 e. The third-order valence-electron chi connectivity index (χ3n) is 11.0. The molecule has 3 aliphatic rings. The summed E-state index contributed by atoms with van der Waals surface area (Å²) >= 11 is 0. The Kier molecular flexibility index (Phi) is 14.3. The molecule has 66 heavy (non-hydrogen) atoms. The van der Waals surface area contributed by atoms with Gasteiger partial charge in [0, 0.05) is 23.8 Å². The van der Waals surface area contributed by atoms with Gasteiger partial charge in [-0.3, -0.25) is 4.79 Å². The first-order chi connectivity index (χ1) is 31.3. The quantitative estimate of drug-likeness (QED) is 0.0395. The summed E-state index contributed by atoms with van der Waals surface area (Å²) in [6, 6.07) is 8.88. The van der Waals surface area contributed by atoms with E-state index in [0.717, 1.165) is 30.3 Å². The summed E-state index contributed by atoms with van der Waals surface area (Å²) in [6.45, 7) is -0.193. The van der Waals surface area contributed by atoms with Gasteiger partial charge in [0.2, 0.25) is 23.8 Å². The second-order valence-electron chi connectivity index (χ2n) is 15.6. The highest BCUT2D eigenvalue weighted by Gasteiger charge is 2.51. The van der Waals surface area contributed by atoms with Gasteiger partial charge in [0.25, 0.3) is 0 Å². The average Bonchev–Trinajstić information content (AvgIpc) is 3.28. The van der Waals surface area contributed by atoms with Crippen molar-refractivity contribution in [3.63, 3.8) is 0 Å². The van der Waals surface area contributed by atoms with Crippen LogP contribution >= 0.6 is 0 Å². The Labute approximate surface area is 370 Å². The van der Waals surface area contributed by atoms with Crippen molar-refractivity contribution in [1.29, 1.82) is 0 Å². The highest BCUT2D eigenvalue weighted by atomic mass is 16.7. The van der Waals surface area contributed by atoms with Gasteiger partial charge in [-0.05, 0) is 48.9 Å². The molecule has 0 unspecified atom stereocenters. The van der Waals surface area contributed by atoms with E-state index in [1.54, 1.807) is 0 Å². The molecule has 0 saturated carbocycles. The summed E-state index contributed by atoms with van der Waals surface area (Å²) < 4.78 is 45.1. The third-order valence-corrected chi connectivity index (χ3v) is 11.0. The lowest BCUT2D eigenvalue weighted by Gasteiger charge is -2.45. The van der Waals surface area contributed by atoms with Gasteiger partial charge in [0.05, 0.1) is 12.7 Å². The maximum Gasteiger partial charge on any atom is 0.330 e. The zero-order valence-electron chi connectivity index (χ0n) is 34.2. The average molecular weight is 935 g/mol. The van der Waals surface area contributed by atoms with Gasteiger partial charge in [-0.15, -0.1) is 0 Å². The summed E-state index contributed by atoms with van der Waals surface area (Å²) in [6.07, 6.45) is -24.5. The number of aliphatic hydroxyl groups is 9. The number of carbonyl (C=O) groups is 1. The first-order valence-electron chi connectivity index (χ1n) is 20.0. The van der Waals surface area contributed by atoms with E-state index in [4.69, 9.17) is 37.6 Å². The fraction of sp³-hybridized carbons (Fsp3) is 0.429. The number of aliphatic hydroxyl groups excluding tert-OH is 9. The number of carbonyl (C=O) groups excluding carboxylic acids is 1. The number of ether oxygens (including phenoxy) is 7. The van der Waals surface area contributed by atoms with E-state index in [1.807, 2.05) is 0 Å². The molecule has 0 amide bonds. The maximum atomic E-state index is 14.1. The molecule has 15 atom stereocenters. The van der Waals surface area contributed by atoms with Crippen molar-refractivity contribution < 1.29 is 114 Å². The molecular formula is C42H46O24. The topological polar surface area (TPSA) is 395 Å². The Balaban J connectivity index is 1.11. The SMILES string of the molecule is C[C@@H]1O[C@H](Oc2cc(O)c3c(=O)c(O[C@@H]4O[C@H](CO)[C@@H](O)[C@@H](O)[C@H]4O)c(-c4ccc(O)c(O)c4)oc3c2)[C@H](O)[C@H](O[C@@H]2O[C@H](COC(=O)/C=C/c3ccc(O)c(O)c3)[C@@H](O)[C@H](O)[C@H]2O)[C@H]1O. The van der Waals surface area contributed by atoms with Gasteiger partial charge in [-0.25, -0.2) is 4.79 Å². The predicted octanol–water partition coefficient (Wildman–Crippen LogP) is -2.54. The Morgan fingerprint density at radius 3 is 1.94 bits per heavy atom. The van der Waals surface area contributed by atoms with E-state index in [9.17, 15) is 81.1 Å². The number of phenolic OH excluding ortho intramolecular Hbond substituents is 5. The van der Waals surface area contributed by atoms with E-state index in [2.05, 4.69) is 0 Å². The predicted molar refractivity (Wildman–Crippen MR) is 216 cm³/mol. The monoisotopic (exact) mass is 934 g/mol. The molecule has 24 heteroatoms. The van der Waals surface area contributed by atoms with Gasteiger partial charge in [0.1, 0.15) is 96.2 Å². The number of aromatic hydroxyl groups is 5. The maximum absolute atomic E-state index is 14.1. The minimum Gasteiger partial charge on any atom is -0.507 e. The first kappa shape index (κ1) is 48.1. The van der Waals surface area contributed by atoms with Crippen molar-refractivity contribution in [2.45, 2.75) is 99.0 Å². The Morgan fingerprint density at radius 2 is 1.27 bits per heavy atom. The Hall–Kier alpha value is -5.84. The highest BCUT2D eigenvalue weighted by Crippen LogP contribution is 2.41.